The molecule has 0 saturated heterocycles. The molecule has 1 aromatic rings. The predicted octanol–water partition coefficient (Wildman–Crippen LogP) is 5.28. The minimum Gasteiger partial charge on any atom is -0.377 e. The Bertz CT molecular complexity index is 500. The van der Waals surface area contributed by atoms with Gasteiger partial charge in [-0.2, -0.15) is 0 Å². The molecule has 1 N–H and O–H groups in total. The van der Waals surface area contributed by atoms with Crippen molar-refractivity contribution in [3.63, 3.8) is 0 Å². The zero-order valence-electron chi connectivity index (χ0n) is 11.4. The lowest BCUT2D eigenvalue weighted by atomic mass is 9.84. The van der Waals surface area contributed by atoms with Crippen LogP contribution in [0.25, 0.3) is 0 Å². The highest BCUT2D eigenvalue weighted by atomic mass is 35.5. The van der Waals surface area contributed by atoms with Crippen LogP contribution >= 0.6 is 23.2 Å². The van der Waals surface area contributed by atoms with Gasteiger partial charge in [0.1, 0.15) is 5.69 Å². The van der Waals surface area contributed by atoms with E-state index in [4.69, 9.17) is 23.2 Å². The minimum absolute atomic E-state index is 0.0167. The lowest BCUT2D eigenvalue weighted by Gasteiger charge is -2.29. The third kappa shape index (κ3) is 3.55. The van der Waals surface area contributed by atoms with Crippen LogP contribution in [0.1, 0.15) is 39.0 Å². The number of nitro benzene ring substituents is 1. The largest absolute Gasteiger partial charge is 0.377 e. The van der Waals surface area contributed by atoms with Crippen molar-refractivity contribution in [3.05, 3.63) is 32.3 Å². The Kier molecular flexibility index (Phi) is 5.11. The molecule has 0 aromatic heterocycles. The van der Waals surface area contributed by atoms with E-state index in [2.05, 4.69) is 12.2 Å². The Morgan fingerprint density at radius 2 is 1.85 bits per heavy atom. The van der Waals surface area contributed by atoms with Crippen LogP contribution in [0.2, 0.25) is 10.0 Å². The Morgan fingerprint density at radius 1 is 1.25 bits per heavy atom. The van der Waals surface area contributed by atoms with Crippen LogP contribution in [0.5, 0.6) is 0 Å². The molecular formula is C14H18Cl2N2O2. The van der Waals surface area contributed by atoms with Crippen molar-refractivity contribution in [2.75, 3.05) is 5.32 Å². The Morgan fingerprint density at radius 3 is 2.40 bits per heavy atom. The lowest BCUT2D eigenvalue weighted by molar-refractivity contribution is -0.384. The van der Waals surface area contributed by atoms with E-state index in [-0.39, 0.29) is 16.8 Å². The van der Waals surface area contributed by atoms with Gasteiger partial charge in [0.15, 0.2) is 0 Å². The first-order valence-corrected chi connectivity index (χ1v) is 7.66. The van der Waals surface area contributed by atoms with E-state index < -0.39 is 4.92 Å². The van der Waals surface area contributed by atoms with Crippen LogP contribution < -0.4 is 5.32 Å². The highest BCUT2D eigenvalue weighted by Gasteiger charge is 2.23. The first-order chi connectivity index (χ1) is 9.51. The summed E-state index contributed by atoms with van der Waals surface area (Å²) in [7, 11) is 0. The number of nitrogens with zero attached hydrogens (tertiary/aromatic N) is 1. The van der Waals surface area contributed by atoms with Gasteiger partial charge in [-0.15, -0.1) is 0 Å². The van der Waals surface area contributed by atoms with E-state index in [0.29, 0.717) is 10.7 Å². The molecule has 0 radical (unpaired) electrons. The van der Waals surface area contributed by atoms with Crippen LogP contribution in [-0.4, -0.2) is 11.0 Å². The summed E-state index contributed by atoms with van der Waals surface area (Å²) >= 11 is 11.8. The van der Waals surface area contributed by atoms with Crippen molar-refractivity contribution in [1.82, 2.24) is 0 Å². The number of hydrogen-bond donors (Lipinski definition) is 1. The van der Waals surface area contributed by atoms with E-state index in [1.165, 1.54) is 25.3 Å². The average molecular weight is 317 g/mol. The van der Waals surface area contributed by atoms with E-state index in [9.17, 15) is 10.1 Å². The molecule has 20 heavy (non-hydrogen) atoms. The molecule has 1 aromatic carbocycles. The number of nitro groups is 1. The second-order valence-electron chi connectivity index (χ2n) is 5.31. The van der Waals surface area contributed by atoms with Crippen LogP contribution in [0.4, 0.5) is 11.4 Å². The van der Waals surface area contributed by atoms with Crippen molar-refractivity contribution >= 4 is 34.6 Å². The van der Waals surface area contributed by atoms with Crippen molar-refractivity contribution in [2.45, 2.75) is 45.1 Å². The normalized spacial score (nSPS) is 22.6. The first kappa shape index (κ1) is 15.4. The van der Waals surface area contributed by atoms with Gasteiger partial charge in [0, 0.05) is 12.1 Å². The summed E-state index contributed by atoms with van der Waals surface area (Å²) in [6.45, 7) is 2.21. The summed E-state index contributed by atoms with van der Waals surface area (Å²) in [6, 6.07) is 3.13. The molecule has 0 bridgehead atoms. The number of benzene rings is 1. The van der Waals surface area contributed by atoms with Crippen LogP contribution in [0.3, 0.4) is 0 Å². The maximum Gasteiger partial charge on any atom is 0.293 e. The second kappa shape index (κ2) is 6.64. The topological polar surface area (TPSA) is 55.2 Å². The standard InChI is InChI=1S/C14H18Cl2N2O2/c1-2-9-3-5-10(6-4-9)17-13-7-11(15)12(16)8-14(13)18(19)20/h7-10,17H,2-6H2,1H3. The molecule has 110 valence electrons. The second-order valence-corrected chi connectivity index (χ2v) is 6.13. The van der Waals surface area contributed by atoms with E-state index in [1.54, 1.807) is 6.07 Å². The van der Waals surface area contributed by atoms with Crippen molar-refractivity contribution in [1.29, 1.82) is 0 Å². The van der Waals surface area contributed by atoms with E-state index >= 15 is 0 Å². The highest BCUT2D eigenvalue weighted by Crippen LogP contribution is 2.36. The van der Waals surface area contributed by atoms with Crippen LogP contribution in [0.15, 0.2) is 12.1 Å². The zero-order chi connectivity index (χ0) is 14.7. The van der Waals surface area contributed by atoms with Crippen molar-refractivity contribution < 1.29 is 4.92 Å². The monoisotopic (exact) mass is 316 g/mol. The van der Waals surface area contributed by atoms with Gasteiger partial charge in [-0.05, 0) is 37.7 Å². The summed E-state index contributed by atoms with van der Waals surface area (Å²) in [4.78, 5) is 10.7. The quantitative estimate of drug-likeness (QED) is 0.607. The number of rotatable bonds is 4. The molecule has 1 aliphatic carbocycles. The molecule has 1 saturated carbocycles. The molecule has 0 aliphatic heterocycles. The molecule has 0 amide bonds. The Hall–Kier alpha value is -1.00. The zero-order valence-corrected chi connectivity index (χ0v) is 12.9. The molecular weight excluding hydrogens is 299 g/mol. The number of nitrogens with one attached hydrogen (secondary N) is 1. The maximum atomic E-state index is 11.1. The maximum absolute atomic E-state index is 11.1. The van der Waals surface area contributed by atoms with Crippen molar-refractivity contribution in [3.8, 4) is 0 Å². The minimum atomic E-state index is -0.428. The smallest absolute Gasteiger partial charge is 0.293 e. The average Bonchev–Trinajstić information content (AvgIpc) is 2.43. The lowest BCUT2D eigenvalue weighted by Crippen LogP contribution is -2.26. The van der Waals surface area contributed by atoms with Crippen LogP contribution in [-0.2, 0) is 0 Å². The van der Waals surface area contributed by atoms with Gasteiger partial charge in [0.05, 0.1) is 15.0 Å². The van der Waals surface area contributed by atoms with Crippen molar-refractivity contribution in [2.24, 2.45) is 5.92 Å². The molecule has 1 fully saturated rings. The van der Waals surface area contributed by atoms with Gasteiger partial charge in [0.25, 0.3) is 5.69 Å². The number of hydrogen-bond acceptors (Lipinski definition) is 3. The molecule has 6 heteroatoms. The van der Waals surface area contributed by atoms with Gasteiger partial charge in [-0.1, -0.05) is 36.5 Å². The third-order valence-corrected chi connectivity index (χ3v) is 4.74. The third-order valence-electron chi connectivity index (χ3n) is 4.02. The van der Waals surface area contributed by atoms with E-state index in [1.807, 2.05) is 0 Å². The fourth-order valence-electron chi connectivity index (χ4n) is 2.74. The van der Waals surface area contributed by atoms with Gasteiger partial charge < -0.3 is 5.32 Å². The molecule has 0 atom stereocenters. The fourth-order valence-corrected chi connectivity index (χ4v) is 3.06. The SMILES string of the molecule is CCC1CCC(Nc2cc(Cl)c(Cl)cc2[N+](=O)[O-])CC1. The molecule has 1 aliphatic rings. The fraction of sp³-hybridized carbons (Fsp3) is 0.571. The van der Waals surface area contributed by atoms with Crippen LogP contribution in [0, 0.1) is 16.0 Å². The van der Waals surface area contributed by atoms with Gasteiger partial charge in [-0.25, -0.2) is 0 Å². The summed E-state index contributed by atoms with van der Waals surface area (Å²) in [6.07, 6.45) is 5.62. The Balaban J connectivity index is 2.13. The Labute approximate surface area is 128 Å². The van der Waals surface area contributed by atoms with E-state index in [0.717, 1.165) is 18.8 Å². The van der Waals surface area contributed by atoms with Gasteiger partial charge in [0.2, 0.25) is 0 Å². The molecule has 0 spiro atoms. The molecule has 0 unspecified atom stereocenters. The number of anilines is 1. The predicted molar refractivity (Wildman–Crippen MR) is 82.8 cm³/mol. The summed E-state index contributed by atoms with van der Waals surface area (Å²) < 4.78 is 0. The first-order valence-electron chi connectivity index (χ1n) is 6.91. The molecule has 4 nitrogen and oxygen atoms in total. The van der Waals surface area contributed by atoms with Gasteiger partial charge in [-0.3, -0.25) is 10.1 Å². The summed E-state index contributed by atoms with van der Waals surface area (Å²) in [5.74, 6) is 0.789. The molecule has 0 heterocycles. The summed E-state index contributed by atoms with van der Waals surface area (Å²) in [5, 5.41) is 14.9. The van der Waals surface area contributed by atoms with Gasteiger partial charge >= 0.3 is 0 Å². The summed E-state index contributed by atoms with van der Waals surface area (Å²) in [5.41, 5.74) is 0.446. The highest BCUT2D eigenvalue weighted by molar-refractivity contribution is 6.42. The molecule has 2 rings (SSSR count). The number of halogens is 2.